The predicted molar refractivity (Wildman–Crippen MR) is 104 cm³/mol. The Morgan fingerprint density at radius 1 is 1.29 bits per heavy atom. The molecule has 0 aromatic carbocycles. The van der Waals surface area contributed by atoms with Gasteiger partial charge >= 0.3 is 5.97 Å². The van der Waals surface area contributed by atoms with E-state index in [0.29, 0.717) is 11.2 Å². The van der Waals surface area contributed by atoms with Gasteiger partial charge in [0.2, 0.25) is 0 Å². The second-order valence-electron chi connectivity index (χ2n) is 8.26. The summed E-state index contributed by atoms with van der Waals surface area (Å²) in [4.78, 5) is 40.2. The zero-order valence-electron chi connectivity index (χ0n) is 17.4. The number of amides is 1. The van der Waals surface area contributed by atoms with Gasteiger partial charge in [-0.3, -0.25) is 14.4 Å². The molecule has 2 aromatic heterocycles. The van der Waals surface area contributed by atoms with E-state index in [0.717, 1.165) is 12.1 Å². The van der Waals surface area contributed by atoms with Gasteiger partial charge in [-0.25, -0.2) is 0 Å². The number of hydrogen-bond acceptors (Lipinski definition) is 5. The predicted octanol–water partition coefficient (Wildman–Crippen LogP) is 2.11. The van der Waals surface area contributed by atoms with Crippen LogP contribution in [0.3, 0.4) is 0 Å². The van der Waals surface area contributed by atoms with Gasteiger partial charge in [0.1, 0.15) is 17.9 Å². The molecule has 0 spiro atoms. The number of nitrogens with zero attached hydrogens (tertiary/aromatic N) is 4. The summed E-state index contributed by atoms with van der Waals surface area (Å²) in [5.41, 5.74) is 1.21. The summed E-state index contributed by atoms with van der Waals surface area (Å²) in [7, 11) is 0. The first-order valence-corrected chi connectivity index (χ1v) is 9.72. The summed E-state index contributed by atoms with van der Waals surface area (Å²) in [6, 6.07) is 1.77. The van der Waals surface area contributed by atoms with Crippen LogP contribution in [-0.2, 0) is 28.0 Å². The number of fused-ring (bicyclic) bond motifs is 2. The van der Waals surface area contributed by atoms with Crippen molar-refractivity contribution in [3.63, 3.8) is 0 Å². The molecule has 0 aliphatic carbocycles. The minimum atomic E-state index is -0.455. The maximum Gasteiger partial charge on any atom is 0.326 e. The van der Waals surface area contributed by atoms with Crippen molar-refractivity contribution in [3.8, 4) is 0 Å². The van der Waals surface area contributed by atoms with Gasteiger partial charge in [-0.15, -0.1) is 0 Å². The van der Waals surface area contributed by atoms with Gasteiger partial charge in [-0.2, -0.15) is 9.61 Å². The van der Waals surface area contributed by atoms with E-state index >= 15 is 0 Å². The molecule has 0 saturated heterocycles. The molecule has 8 heteroatoms. The van der Waals surface area contributed by atoms with Crippen LogP contribution in [0.15, 0.2) is 10.9 Å². The zero-order valence-corrected chi connectivity index (χ0v) is 17.4. The van der Waals surface area contributed by atoms with Crippen molar-refractivity contribution in [1.82, 2.24) is 19.1 Å². The van der Waals surface area contributed by atoms with E-state index in [4.69, 9.17) is 4.74 Å². The molecule has 0 bridgehead atoms. The lowest BCUT2D eigenvalue weighted by Gasteiger charge is -2.22. The highest BCUT2D eigenvalue weighted by Gasteiger charge is 2.37. The number of carbonyl (C=O) groups excluding carboxylic acids is 2. The Hall–Kier alpha value is -2.64. The Morgan fingerprint density at radius 2 is 1.96 bits per heavy atom. The second kappa shape index (κ2) is 7.07. The first-order valence-electron chi connectivity index (χ1n) is 9.72. The van der Waals surface area contributed by atoms with E-state index in [1.165, 1.54) is 4.52 Å². The van der Waals surface area contributed by atoms with Crippen molar-refractivity contribution in [2.24, 2.45) is 0 Å². The maximum atomic E-state index is 13.1. The monoisotopic (exact) mass is 388 g/mol. The Balaban J connectivity index is 2.27. The van der Waals surface area contributed by atoms with Crippen LogP contribution in [0.5, 0.6) is 0 Å². The molecule has 1 atom stereocenters. The number of carbonyl (C=O) groups is 2. The fourth-order valence-corrected chi connectivity index (χ4v) is 3.42. The fourth-order valence-electron chi connectivity index (χ4n) is 3.42. The number of rotatable bonds is 5. The summed E-state index contributed by atoms with van der Waals surface area (Å²) in [5.74, 6) is -0.685. The lowest BCUT2D eigenvalue weighted by Crippen LogP contribution is -2.33. The molecule has 0 unspecified atom stereocenters. The van der Waals surface area contributed by atoms with Crippen LogP contribution >= 0.6 is 0 Å². The molecule has 1 aliphatic rings. The summed E-state index contributed by atoms with van der Waals surface area (Å²) in [5, 5.41) is 4.49. The SMILES string of the molecule is CCOC(=O)Cn1c2c(c(=O)n3nc(C(C)(C)C)cc13)CN([C@H](C)CC)C2=O. The van der Waals surface area contributed by atoms with Crippen LogP contribution in [0.2, 0.25) is 0 Å². The summed E-state index contributed by atoms with van der Waals surface area (Å²) < 4.78 is 7.99. The molecule has 0 fully saturated rings. The molecule has 3 heterocycles. The van der Waals surface area contributed by atoms with Crippen molar-refractivity contribution in [1.29, 1.82) is 0 Å². The van der Waals surface area contributed by atoms with Gasteiger partial charge < -0.3 is 14.2 Å². The topological polar surface area (TPSA) is 85.9 Å². The first-order chi connectivity index (χ1) is 13.1. The van der Waals surface area contributed by atoms with Gasteiger partial charge in [0.15, 0.2) is 0 Å². The van der Waals surface area contributed by atoms with Crippen LogP contribution in [0, 0.1) is 0 Å². The standard InChI is InChI=1S/C20H28N4O4/c1-7-12(3)22-10-13-17(19(22)27)23(11-16(25)28-8-2)15-9-14(20(4,5)6)21-24(15)18(13)26/h9,12H,7-8,10-11H2,1-6H3/t12-/m1/s1. The van der Waals surface area contributed by atoms with Gasteiger partial charge in [-0.1, -0.05) is 27.7 Å². The highest BCUT2D eigenvalue weighted by molar-refractivity contribution is 5.97. The minimum Gasteiger partial charge on any atom is -0.465 e. The lowest BCUT2D eigenvalue weighted by atomic mass is 9.93. The second-order valence-corrected chi connectivity index (χ2v) is 8.26. The third-order valence-corrected chi connectivity index (χ3v) is 5.25. The number of ether oxygens (including phenoxy) is 1. The van der Waals surface area contributed by atoms with E-state index in [-0.39, 0.29) is 48.3 Å². The van der Waals surface area contributed by atoms with E-state index in [2.05, 4.69) is 5.10 Å². The Bertz CT molecular complexity index is 996. The molecule has 1 amide bonds. The van der Waals surface area contributed by atoms with Crippen molar-refractivity contribution in [2.75, 3.05) is 6.61 Å². The van der Waals surface area contributed by atoms with Gasteiger partial charge in [-0.05, 0) is 20.3 Å². The van der Waals surface area contributed by atoms with Gasteiger partial charge in [0.25, 0.3) is 11.5 Å². The van der Waals surface area contributed by atoms with Crippen molar-refractivity contribution < 1.29 is 14.3 Å². The van der Waals surface area contributed by atoms with Crippen molar-refractivity contribution >= 4 is 17.5 Å². The maximum absolute atomic E-state index is 13.1. The minimum absolute atomic E-state index is 0.00667. The van der Waals surface area contributed by atoms with Crippen LogP contribution < -0.4 is 5.56 Å². The van der Waals surface area contributed by atoms with Crippen molar-refractivity contribution in [2.45, 2.75) is 72.5 Å². The molecule has 28 heavy (non-hydrogen) atoms. The molecule has 2 aromatic rings. The molecule has 0 radical (unpaired) electrons. The number of esters is 1. The number of hydrogen-bond donors (Lipinski definition) is 0. The Morgan fingerprint density at radius 3 is 2.54 bits per heavy atom. The molecular formula is C20H28N4O4. The molecule has 8 nitrogen and oxygen atoms in total. The van der Waals surface area contributed by atoms with Crippen LogP contribution in [0.25, 0.3) is 5.65 Å². The summed E-state index contributed by atoms with van der Waals surface area (Å²) >= 11 is 0. The Kier molecular flexibility index (Phi) is 5.08. The smallest absolute Gasteiger partial charge is 0.326 e. The highest BCUT2D eigenvalue weighted by Crippen LogP contribution is 2.27. The molecule has 0 N–H and O–H groups in total. The molecular weight excluding hydrogens is 360 g/mol. The van der Waals surface area contributed by atoms with Gasteiger partial charge in [0, 0.05) is 17.5 Å². The zero-order chi connectivity index (χ0) is 20.8. The molecule has 0 saturated carbocycles. The van der Waals surface area contributed by atoms with Gasteiger partial charge in [0.05, 0.1) is 24.4 Å². The van der Waals surface area contributed by atoms with Crippen molar-refractivity contribution in [3.05, 3.63) is 33.4 Å². The largest absolute Gasteiger partial charge is 0.465 e. The fraction of sp³-hybridized carbons (Fsp3) is 0.600. The quantitative estimate of drug-likeness (QED) is 0.733. The number of aromatic nitrogens is 3. The highest BCUT2D eigenvalue weighted by atomic mass is 16.5. The Labute approximate surface area is 164 Å². The average molecular weight is 388 g/mol. The summed E-state index contributed by atoms with van der Waals surface area (Å²) in [6.07, 6.45) is 0.775. The average Bonchev–Trinajstić information content (AvgIpc) is 3.21. The molecule has 3 rings (SSSR count). The van der Waals surface area contributed by atoms with Crippen LogP contribution in [0.4, 0.5) is 0 Å². The normalized spacial score (nSPS) is 15.2. The summed E-state index contributed by atoms with van der Waals surface area (Å²) in [6.45, 7) is 12.0. The van der Waals surface area contributed by atoms with Crippen LogP contribution in [0.1, 0.15) is 69.7 Å². The van der Waals surface area contributed by atoms with E-state index in [1.54, 1.807) is 22.5 Å². The third-order valence-electron chi connectivity index (χ3n) is 5.25. The molecule has 1 aliphatic heterocycles. The van der Waals surface area contributed by atoms with Crippen LogP contribution in [-0.4, -0.2) is 43.6 Å². The lowest BCUT2D eigenvalue weighted by molar-refractivity contribution is -0.143. The van der Waals surface area contributed by atoms with E-state index in [9.17, 15) is 14.4 Å². The van der Waals surface area contributed by atoms with E-state index in [1.807, 2.05) is 34.6 Å². The van der Waals surface area contributed by atoms with E-state index < -0.39 is 5.97 Å². The first kappa shape index (κ1) is 20.1. The third kappa shape index (κ3) is 3.21. The molecule has 152 valence electrons.